The molecule has 6 amide bonds. The molecule has 0 saturated heterocycles. The molecule has 0 unspecified atom stereocenters. The third-order valence-electron chi connectivity index (χ3n) is 8.18. The minimum absolute atomic E-state index is 0.0508. The Labute approximate surface area is 270 Å². The van der Waals surface area contributed by atoms with Crippen LogP contribution in [-0.2, 0) is 0 Å². The van der Waals surface area contributed by atoms with Crippen molar-refractivity contribution < 1.29 is 38.0 Å². The Bertz CT molecular complexity index is 1780. The number of quaternary nitrogens is 2. The monoisotopic (exact) mass is 623 g/mol. The quantitative estimate of drug-likeness (QED) is 0.171. The lowest BCUT2D eigenvalue weighted by Gasteiger charge is -2.45. The smallest absolute Gasteiger partial charge is 0.222 e. The number of rotatable bonds is 5. The van der Waals surface area contributed by atoms with Gasteiger partial charge in [-0.1, -0.05) is 78.9 Å². The van der Waals surface area contributed by atoms with Gasteiger partial charge >= 0.3 is 35.4 Å². The van der Waals surface area contributed by atoms with Crippen molar-refractivity contribution in [3.8, 4) is 0 Å². The van der Waals surface area contributed by atoms with Crippen LogP contribution in [0.3, 0.4) is 0 Å². The molecule has 6 rings (SSSR count). The van der Waals surface area contributed by atoms with E-state index in [1.165, 1.54) is 79.7 Å². The molecule has 0 spiro atoms. The van der Waals surface area contributed by atoms with E-state index in [-0.39, 0.29) is 33.4 Å². The van der Waals surface area contributed by atoms with Gasteiger partial charge in [-0.05, 0) is 73.7 Å². The summed E-state index contributed by atoms with van der Waals surface area (Å²) in [6, 6.07) is 36.1. The lowest BCUT2D eigenvalue weighted by molar-refractivity contribution is -1.06. The van der Waals surface area contributed by atoms with Crippen molar-refractivity contribution >= 4 is 35.4 Å². The summed E-state index contributed by atoms with van der Waals surface area (Å²) < 4.78 is -3.65. The van der Waals surface area contributed by atoms with Crippen LogP contribution in [0.5, 0.6) is 0 Å². The second-order valence-corrected chi connectivity index (χ2v) is 10.8. The Morgan fingerprint density at radius 1 is 0.447 bits per heavy atom. The van der Waals surface area contributed by atoms with E-state index in [1.54, 1.807) is 72.8 Å². The first-order valence-electron chi connectivity index (χ1n) is 15.0. The van der Waals surface area contributed by atoms with Gasteiger partial charge < -0.3 is 0 Å². The molecule has 0 aromatic heterocycles. The van der Waals surface area contributed by atoms with E-state index in [9.17, 15) is 0 Å². The maximum absolute atomic E-state index is 15.1. The maximum atomic E-state index is 15.1. The van der Waals surface area contributed by atoms with Gasteiger partial charge in [-0.15, -0.1) is 0 Å². The van der Waals surface area contributed by atoms with E-state index in [4.69, 9.17) is 0 Å². The topological polar surface area (TPSA) is 106 Å². The van der Waals surface area contributed by atoms with Crippen LogP contribution >= 0.6 is 0 Å². The second-order valence-electron chi connectivity index (χ2n) is 10.8. The lowest BCUT2D eigenvalue weighted by atomic mass is 10.0. The molecule has 1 aliphatic rings. The molecule has 230 valence electrons. The van der Waals surface area contributed by atoms with E-state index in [1.807, 2.05) is 0 Å². The summed E-state index contributed by atoms with van der Waals surface area (Å²) >= 11 is 0. The molecule has 0 N–H and O–H groups in total. The molecular formula is C38H29N3O6+2. The van der Waals surface area contributed by atoms with E-state index >= 15 is 28.8 Å². The van der Waals surface area contributed by atoms with Crippen molar-refractivity contribution in [3.63, 3.8) is 0 Å². The van der Waals surface area contributed by atoms with Crippen molar-refractivity contribution in [2.75, 3.05) is 6.54 Å². The highest BCUT2D eigenvalue weighted by atomic mass is 16.3. The fraction of sp³-hybridized carbons (Fsp3) is 0.0526. The van der Waals surface area contributed by atoms with Crippen LogP contribution in [0.15, 0.2) is 146 Å². The van der Waals surface area contributed by atoms with Gasteiger partial charge in [0.2, 0.25) is 0 Å². The fourth-order valence-electron chi connectivity index (χ4n) is 6.04. The number of carbonyl (C=O) groups is 6. The van der Waals surface area contributed by atoms with E-state index < -0.39 is 51.2 Å². The number of hydrogen-bond donors (Lipinski definition) is 0. The van der Waals surface area contributed by atoms with Gasteiger partial charge in [-0.3, -0.25) is 0 Å². The van der Waals surface area contributed by atoms with Gasteiger partial charge in [0, 0.05) is 14.3 Å². The summed E-state index contributed by atoms with van der Waals surface area (Å²) in [5.41, 5.74) is -0.453. The van der Waals surface area contributed by atoms with Gasteiger partial charge in [0.1, 0.15) is 6.54 Å². The summed E-state index contributed by atoms with van der Waals surface area (Å²) in [5.74, 6) is -6.25. The molecule has 0 radical (unpaired) electrons. The Morgan fingerprint density at radius 3 is 0.979 bits per heavy atom. The van der Waals surface area contributed by atoms with Crippen LogP contribution in [-0.4, -0.2) is 56.3 Å². The molecule has 5 aromatic rings. The average Bonchev–Trinajstić information content (AvgIpc) is 3.14. The Morgan fingerprint density at radius 2 is 0.723 bits per heavy atom. The van der Waals surface area contributed by atoms with Crippen LogP contribution in [0.2, 0.25) is 0 Å². The van der Waals surface area contributed by atoms with Crippen LogP contribution in [0.1, 0.15) is 69.1 Å². The average molecular weight is 624 g/mol. The largest absolute Gasteiger partial charge is 0.385 e. The standard InChI is InChI=1S/C38H29N3O6/c1-2-39-40(33(42)27-16-7-3-8-17-27,34(43)28-18-9-4-10-19-28)37(46)31-24-15-25-32(26-31)38(47)41(39,35(44)29-20-11-5-12-21-29)36(45)30-22-13-6-14-23-30/h3-26H,2H2,1H3/q+2. The maximum Gasteiger partial charge on any atom is 0.385 e. The van der Waals surface area contributed by atoms with Crippen molar-refractivity contribution in [3.05, 3.63) is 179 Å². The zero-order valence-electron chi connectivity index (χ0n) is 25.4. The molecule has 1 heterocycles. The normalized spacial score (nSPS) is 15.3. The van der Waals surface area contributed by atoms with Gasteiger partial charge in [-0.25, -0.2) is 28.8 Å². The highest BCUT2D eigenvalue weighted by Crippen LogP contribution is 2.38. The fourth-order valence-corrected chi connectivity index (χ4v) is 6.04. The first-order valence-corrected chi connectivity index (χ1v) is 15.0. The number of nitrogens with zero attached hydrogens (tertiary/aromatic N) is 3. The molecular weight excluding hydrogens is 594 g/mol. The SMILES string of the molecule is CCN1[N+](C(=O)c2ccccc2)(C(=O)c2ccccc2)C(=O)c2cccc(c2)C(=O)[N+]1(C(=O)c1ccccc1)C(=O)c1ccccc1. The number of imide groups is 6. The number of fused-ring (bicyclic) bond motifs is 2. The molecule has 1 aliphatic heterocycles. The molecule has 5 aromatic carbocycles. The van der Waals surface area contributed by atoms with E-state index in [0.29, 0.717) is 0 Å². The zero-order valence-corrected chi connectivity index (χ0v) is 25.4. The van der Waals surface area contributed by atoms with E-state index in [0.717, 1.165) is 5.12 Å². The van der Waals surface area contributed by atoms with Crippen LogP contribution in [0.25, 0.3) is 0 Å². The number of carbonyl (C=O) groups excluding carboxylic acids is 6. The summed E-state index contributed by atoms with van der Waals surface area (Å²) in [6.07, 6.45) is 0. The van der Waals surface area contributed by atoms with Gasteiger partial charge in [0.15, 0.2) is 0 Å². The summed E-state index contributed by atoms with van der Waals surface area (Å²) in [4.78, 5) is 90.8. The summed E-state index contributed by atoms with van der Waals surface area (Å²) in [6.45, 7) is 1.04. The van der Waals surface area contributed by atoms with E-state index in [2.05, 4.69) is 0 Å². The van der Waals surface area contributed by atoms with Crippen LogP contribution < -0.4 is 0 Å². The molecule has 9 heteroatoms. The highest BCUT2D eigenvalue weighted by Gasteiger charge is 2.73. The minimum atomic E-state index is -1.82. The molecule has 47 heavy (non-hydrogen) atoms. The second kappa shape index (κ2) is 12.4. The first kappa shape index (κ1) is 31.0. The molecule has 0 fully saturated rings. The highest BCUT2D eigenvalue weighted by molar-refractivity contribution is 6.16. The van der Waals surface area contributed by atoms with Crippen molar-refractivity contribution in [2.24, 2.45) is 0 Å². The first-order chi connectivity index (χ1) is 22.8. The third-order valence-corrected chi connectivity index (χ3v) is 8.18. The van der Waals surface area contributed by atoms with Crippen LogP contribution in [0, 0.1) is 0 Å². The Kier molecular flexibility index (Phi) is 8.19. The van der Waals surface area contributed by atoms with Gasteiger partial charge in [0.25, 0.3) is 0 Å². The molecule has 0 aliphatic carbocycles. The molecule has 9 nitrogen and oxygen atoms in total. The Balaban J connectivity index is 1.83. The summed E-state index contributed by atoms with van der Waals surface area (Å²) in [7, 11) is 0. The van der Waals surface area contributed by atoms with Crippen molar-refractivity contribution in [1.82, 2.24) is 5.12 Å². The number of benzene rings is 5. The summed E-state index contributed by atoms with van der Waals surface area (Å²) in [5, 5.41) is 0.847. The molecule has 0 saturated carbocycles. The van der Waals surface area contributed by atoms with Crippen molar-refractivity contribution in [1.29, 1.82) is 0 Å². The third kappa shape index (κ3) is 4.77. The predicted octanol–water partition coefficient (Wildman–Crippen LogP) is 6.13. The molecule has 0 atom stereocenters. The van der Waals surface area contributed by atoms with Gasteiger partial charge in [-0.2, -0.15) is 0 Å². The molecule has 2 bridgehead atoms. The number of amides is 6. The minimum Gasteiger partial charge on any atom is -0.222 e. The van der Waals surface area contributed by atoms with Crippen molar-refractivity contribution in [2.45, 2.75) is 6.92 Å². The van der Waals surface area contributed by atoms with Gasteiger partial charge in [0.05, 0.1) is 33.4 Å². The van der Waals surface area contributed by atoms with Crippen LogP contribution in [0.4, 0.5) is 0 Å². The predicted molar refractivity (Wildman–Crippen MR) is 171 cm³/mol. The zero-order chi connectivity index (χ0) is 33.2. The Hall–Kier alpha value is -6.00. The number of hydrogen-bond acceptors (Lipinski definition) is 7. The lowest BCUT2D eigenvalue weighted by Crippen LogP contribution is -2.83.